The molecule has 1 fully saturated rings. The van der Waals surface area contributed by atoms with Crippen molar-refractivity contribution in [3.05, 3.63) is 82.4 Å². The molecule has 0 bridgehead atoms. The minimum Gasteiger partial charge on any atom is -0.340 e. The molecule has 5 rings (SSSR count). The van der Waals surface area contributed by atoms with Crippen molar-refractivity contribution in [1.29, 1.82) is 0 Å². The van der Waals surface area contributed by atoms with Crippen LogP contribution in [0.4, 0.5) is 15.9 Å². The maximum atomic E-state index is 12.7. The number of aromatic nitrogens is 3. The third kappa shape index (κ3) is 5.25. The first kappa shape index (κ1) is 23.2. The SMILES string of the molecule is Cc1cccc(-c2cc3cc[nH]c(=O)c3c(Nc3ccc(C4CCN(CCCF)CC4)cc3)n2)n1. The number of nitrogens with one attached hydrogen (secondary N) is 2. The van der Waals surface area contributed by atoms with Gasteiger partial charge >= 0.3 is 0 Å². The molecule has 1 aliphatic rings. The quantitative estimate of drug-likeness (QED) is 0.368. The largest absolute Gasteiger partial charge is 0.340 e. The minimum atomic E-state index is -0.241. The summed E-state index contributed by atoms with van der Waals surface area (Å²) in [6.45, 7) is 4.59. The molecule has 7 heteroatoms. The van der Waals surface area contributed by atoms with Crippen LogP contribution in [-0.4, -0.2) is 46.2 Å². The lowest BCUT2D eigenvalue weighted by atomic mass is 9.89. The molecule has 2 N–H and O–H groups in total. The number of hydrogen-bond donors (Lipinski definition) is 2. The molecule has 0 radical (unpaired) electrons. The molecule has 0 atom stereocenters. The van der Waals surface area contributed by atoms with E-state index in [4.69, 9.17) is 4.98 Å². The highest BCUT2D eigenvalue weighted by atomic mass is 19.1. The number of piperidine rings is 1. The number of nitrogens with zero attached hydrogens (tertiary/aromatic N) is 3. The van der Waals surface area contributed by atoms with E-state index in [9.17, 15) is 9.18 Å². The number of halogens is 1. The maximum absolute atomic E-state index is 12.7. The summed E-state index contributed by atoms with van der Waals surface area (Å²) in [5.41, 5.74) is 4.40. The molecule has 35 heavy (non-hydrogen) atoms. The Bertz CT molecular complexity index is 1360. The van der Waals surface area contributed by atoms with Gasteiger partial charge < -0.3 is 15.2 Å². The number of anilines is 2. The van der Waals surface area contributed by atoms with Crippen molar-refractivity contribution in [2.24, 2.45) is 0 Å². The molecule has 6 nitrogen and oxygen atoms in total. The fraction of sp³-hybridized carbons (Fsp3) is 0.321. The smallest absolute Gasteiger partial charge is 0.259 e. The highest BCUT2D eigenvalue weighted by Gasteiger charge is 2.20. The molecule has 180 valence electrons. The van der Waals surface area contributed by atoms with Crippen molar-refractivity contribution in [2.45, 2.75) is 32.1 Å². The van der Waals surface area contributed by atoms with Gasteiger partial charge in [0.2, 0.25) is 0 Å². The molecule has 0 spiro atoms. The van der Waals surface area contributed by atoms with Gasteiger partial charge in [0, 0.05) is 24.1 Å². The zero-order valence-corrected chi connectivity index (χ0v) is 19.9. The summed E-state index contributed by atoms with van der Waals surface area (Å²) in [6.07, 6.45) is 4.45. The second kappa shape index (κ2) is 10.4. The van der Waals surface area contributed by atoms with Gasteiger partial charge in [0.05, 0.1) is 23.4 Å². The summed E-state index contributed by atoms with van der Waals surface area (Å²) in [5.74, 6) is 1.03. The van der Waals surface area contributed by atoms with Crippen molar-refractivity contribution < 1.29 is 4.39 Å². The third-order valence-electron chi connectivity index (χ3n) is 6.75. The average Bonchev–Trinajstić information content (AvgIpc) is 2.88. The first-order valence-electron chi connectivity index (χ1n) is 12.2. The first-order valence-corrected chi connectivity index (χ1v) is 12.2. The van der Waals surface area contributed by atoms with Gasteiger partial charge in [0.25, 0.3) is 5.56 Å². The van der Waals surface area contributed by atoms with Crippen LogP contribution in [0, 0.1) is 6.92 Å². The van der Waals surface area contributed by atoms with Crippen molar-refractivity contribution in [2.75, 3.05) is 31.6 Å². The molecule has 1 saturated heterocycles. The molecular formula is C28H30FN5O. The van der Waals surface area contributed by atoms with Crippen LogP contribution in [0.15, 0.2) is 65.6 Å². The van der Waals surface area contributed by atoms with E-state index in [1.807, 2.05) is 49.4 Å². The Kier molecular flexibility index (Phi) is 6.86. The van der Waals surface area contributed by atoms with Crippen LogP contribution in [0.3, 0.4) is 0 Å². The fourth-order valence-corrected chi connectivity index (χ4v) is 4.87. The second-order valence-corrected chi connectivity index (χ2v) is 9.20. The molecule has 0 unspecified atom stereocenters. The molecule has 1 aliphatic heterocycles. The number of aryl methyl sites for hydroxylation is 1. The fourth-order valence-electron chi connectivity index (χ4n) is 4.87. The second-order valence-electron chi connectivity index (χ2n) is 9.20. The highest BCUT2D eigenvalue weighted by molar-refractivity contribution is 5.94. The molecule has 4 heterocycles. The van der Waals surface area contributed by atoms with E-state index in [1.165, 1.54) is 5.56 Å². The van der Waals surface area contributed by atoms with Crippen molar-refractivity contribution in [3.8, 4) is 11.4 Å². The molecule has 0 aliphatic carbocycles. The number of aromatic amines is 1. The van der Waals surface area contributed by atoms with Crippen LogP contribution < -0.4 is 10.9 Å². The number of pyridine rings is 3. The van der Waals surface area contributed by atoms with Crippen LogP contribution in [-0.2, 0) is 0 Å². The summed E-state index contributed by atoms with van der Waals surface area (Å²) in [6, 6.07) is 18.0. The number of benzene rings is 1. The lowest BCUT2D eigenvalue weighted by Gasteiger charge is -2.32. The lowest BCUT2D eigenvalue weighted by Crippen LogP contribution is -2.33. The van der Waals surface area contributed by atoms with Crippen molar-refractivity contribution >= 4 is 22.3 Å². The summed E-state index contributed by atoms with van der Waals surface area (Å²) < 4.78 is 12.5. The zero-order valence-electron chi connectivity index (χ0n) is 19.9. The van der Waals surface area contributed by atoms with Gasteiger partial charge in [-0.1, -0.05) is 18.2 Å². The van der Waals surface area contributed by atoms with E-state index in [0.717, 1.165) is 54.9 Å². The Morgan fingerprint density at radius 1 is 1.06 bits per heavy atom. The van der Waals surface area contributed by atoms with Gasteiger partial charge in [-0.05, 0) is 92.5 Å². The van der Waals surface area contributed by atoms with Crippen LogP contribution in [0.2, 0.25) is 0 Å². The Morgan fingerprint density at radius 3 is 2.60 bits per heavy atom. The van der Waals surface area contributed by atoms with Crippen molar-refractivity contribution in [3.63, 3.8) is 0 Å². The van der Waals surface area contributed by atoms with Gasteiger partial charge in [0.15, 0.2) is 0 Å². The molecule has 3 aromatic heterocycles. The molecule has 4 aromatic rings. The number of hydrogen-bond acceptors (Lipinski definition) is 5. The minimum absolute atomic E-state index is 0.183. The Balaban J connectivity index is 1.39. The number of fused-ring (bicyclic) bond motifs is 1. The van der Waals surface area contributed by atoms with Crippen LogP contribution in [0.25, 0.3) is 22.2 Å². The van der Waals surface area contributed by atoms with Gasteiger partial charge in [-0.15, -0.1) is 0 Å². The predicted octanol–water partition coefficient (Wildman–Crippen LogP) is 5.58. The van der Waals surface area contributed by atoms with Crippen LogP contribution >= 0.6 is 0 Å². The van der Waals surface area contributed by atoms with E-state index in [-0.39, 0.29) is 12.2 Å². The average molecular weight is 472 g/mol. The van der Waals surface area contributed by atoms with Crippen molar-refractivity contribution in [1.82, 2.24) is 19.9 Å². The number of likely N-dealkylation sites (tertiary alicyclic amines) is 1. The molecule has 0 saturated carbocycles. The third-order valence-corrected chi connectivity index (χ3v) is 6.75. The maximum Gasteiger partial charge on any atom is 0.259 e. The number of alkyl halides is 1. The van der Waals surface area contributed by atoms with E-state index in [2.05, 4.69) is 32.3 Å². The summed E-state index contributed by atoms with van der Waals surface area (Å²) in [7, 11) is 0. The van der Waals surface area contributed by atoms with E-state index in [0.29, 0.717) is 29.2 Å². The number of H-pyrrole nitrogens is 1. The monoisotopic (exact) mass is 471 g/mol. The Hall–Kier alpha value is -3.58. The molecule has 1 aromatic carbocycles. The van der Waals surface area contributed by atoms with Gasteiger partial charge in [-0.2, -0.15) is 0 Å². The summed E-state index contributed by atoms with van der Waals surface area (Å²) >= 11 is 0. The van der Waals surface area contributed by atoms with Gasteiger partial charge in [-0.25, -0.2) is 4.98 Å². The normalized spacial score (nSPS) is 14.9. The first-order chi connectivity index (χ1) is 17.1. The highest BCUT2D eigenvalue weighted by Crippen LogP contribution is 2.31. The zero-order chi connectivity index (χ0) is 24.2. The van der Waals surface area contributed by atoms with Gasteiger partial charge in [-0.3, -0.25) is 14.2 Å². The Labute approximate surface area is 204 Å². The number of rotatable bonds is 7. The van der Waals surface area contributed by atoms with Crippen LogP contribution in [0.1, 0.15) is 36.4 Å². The van der Waals surface area contributed by atoms with E-state index < -0.39 is 0 Å². The summed E-state index contributed by atoms with van der Waals surface area (Å²) in [5, 5.41) is 4.70. The van der Waals surface area contributed by atoms with E-state index >= 15 is 0 Å². The topological polar surface area (TPSA) is 73.9 Å². The molecule has 0 amide bonds. The summed E-state index contributed by atoms with van der Waals surface area (Å²) in [4.78, 5) is 27.2. The predicted molar refractivity (Wildman–Crippen MR) is 139 cm³/mol. The molecular weight excluding hydrogens is 441 g/mol. The Morgan fingerprint density at radius 2 is 1.86 bits per heavy atom. The standard InChI is InChI=1S/C28H30FN5O/c1-19-4-2-5-24(31-19)25-18-22-10-14-30-28(35)26(22)27(33-25)32-23-8-6-20(7-9-23)21-11-16-34(17-12-21)15-3-13-29/h2,4-10,14,18,21H,3,11-13,15-17H2,1H3,(H,30,35)(H,32,33). The van der Waals surface area contributed by atoms with E-state index in [1.54, 1.807) is 6.20 Å². The van der Waals surface area contributed by atoms with Gasteiger partial charge in [0.1, 0.15) is 5.82 Å². The van der Waals surface area contributed by atoms with Crippen LogP contribution in [0.5, 0.6) is 0 Å². The lowest BCUT2D eigenvalue weighted by molar-refractivity contribution is 0.204.